The summed E-state index contributed by atoms with van der Waals surface area (Å²) in [5, 5.41) is 7.86. The Balaban J connectivity index is 1.37. The van der Waals surface area contributed by atoms with E-state index in [1.165, 1.54) is 6.33 Å². The van der Waals surface area contributed by atoms with Crippen LogP contribution < -0.4 is 14.8 Å². The molecule has 0 saturated heterocycles. The Morgan fingerprint density at radius 2 is 1.58 bits per heavy atom. The van der Waals surface area contributed by atoms with E-state index in [0.717, 1.165) is 33.5 Å². The van der Waals surface area contributed by atoms with Crippen molar-refractivity contribution in [1.29, 1.82) is 0 Å². The highest BCUT2D eigenvalue weighted by Gasteiger charge is 2.39. The zero-order valence-corrected chi connectivity index (χ0v) is 20.1. The van der Waals surface area contributed by atoms with E-state index in [-0.39, 0.29) is 17.7 Å². The quantitative estimate of drug-likeness (QED) is 0.415. The molecule has 7 nitrogen and oxygen atoms in total. The average molecular weight is 479 g/mol. The smallest absolute Gasteiger partial charge is 0.226 e. The van der Waals surface area contributed by atoms with Crippen molar-refractivity contribution in [3.8, 4) is 22.6 Å². The number of carbonyl (C=O) groups excluding carboxylic acids is 1. The van der Waals surface area contributed by atoms with Crippen LogP contribution in [0.3, 0.4) is 0 Å². The molecule has 0 amide bonds. The number of nitrogens with one attached hydrogen (secondary N) is 1. The van der Waals surface area contributed by atoms with Gasteiger partial charge in [-0.15, -0.1) is 0 Å². The first-order valence-electron chi connectivity index (χ1n) is 12.0. The summed E-state index contributed by atoms with van der Waals surface area (Å²) < 4.78 is 12.7. The maximum atomic E-state index is 13.7. The van der Waals surface area contributed by atoms with Gasteiger partial charge in [-0.3, -0.25) is 4.79 Å². The fourth-order valence-electron chi connectivity index (χ4n) is 5.29. The molecule has 1 aromatic heterocycles. The average Bonchev–Trinajstić information content (AvgIpc) is 3.40. The van der Waals surface area contributed by atoms with Crippen LogP contribution in [0, 0.1) is 0 Å². The van der Waals surface area contributed by atoms with Crippen molar-refractivity contribution < 1.29 is 14.3 Å². The molecule has 1 N–H and O–H groups in total. The van der Waals surface area contributed by atoms with E-state index in [1.54, 1.807) is 14.2 Å². The highest BCUT2D eigenvalue weighted by molar-refractivity contribution is 6.00. The van der Waals surface area contributed by atoms with Gasteiger partial charge >= 0.3 is 0 Å². The molecule has 3 aromatic carbocycles. The number of methoxy groups -OCH3 is 2. The number of nitrogens with zero attached hydrogens (tertiary/aromatic N) is 3. The van der Waals surface area contributed by atoms with Crippen molar-refractivity contribution in [2.45, 2.75) is 24.8 Å². The summed E-state index contributed by atoms with van der Waals surface area (Å²) in [5.41, 5.74) is 6.01. The minimum atomic E-state index is -0.317. The first-order valence-corrected chi connectivity index (χ1v) is 12.0. The van der Waals surface area contributed by atoms with Gasteiger partial charge in [0.1, 0.15) is 12.4 Å². The van der Waals surface area contributed by atoms with Crippen LogP contribution in [0.25, 0.3) is 11.1 Å². The Morgan fingerprint density at radius 1 is 0.861 bits per heavy atom. The van der Waals surface area contributed by atoms with Crippen molar-refractivity contribution >= 4 is 11.7 Å². The van der Waals surface area contributed by atoms with Gasteiger partial charge in [-0.05, 0) is 46.7 Å². The molecule has 0 bridgehead atoms. The number of ketones is 1. The van der Waals surface area contributed by atoms with Crippen LogP contribution in [0.1, 0.15) is 35.9 Å². The van der Waals surface area contributed by atoms with Crippen molar-refractivity contribution in [3.05, 3.63) is 102 Å². The highest BCUT2D eigenvalue weighted by Crippen LogP contribution is 2.45. The predicted molar refractivity (Wildman–Crippen MR) is 137 cm³/mol. The molecular weight excluding hydrogens is 452 g/mol. The molecule has 36 heavy (non-hydrogen) atoms. The number of carbonyl (C=O) groups is 1. The third-order valence-corrected chi connectivity index (χ3v) is 7.07. The molecule has 4 aromatic rings. The molecule has 1 aliphatic carbocycles. The maximum absolute atomic E-state index is 13.7. The summed E-state index contributed by atoms with van der Waals surface area (Å²) in [6.45, 7) is 0. The van der Waals surface area contributed by atoms with Crippen LogP contribution in [-0.4, -0.2) is 34.8 Å². The summed E-state index contributed by atoms with van der Waals surface area (Å²) in [5.74, 6) is 2.12. The van der Waals surface area contributed by atoms with Gasteiger partial charge in [-0.1, -0.05) is 60.7 Å². The van der Waals surface area contributed by atoms with E-state index >= 15 is 0 Å². The number of hydrogen-bond donors (Lipinski definition) is 1. The van der Waals surface area contributed by atoms with Crippen LogP contribution in [-0.2, 0) is 4.79 Å². The SMILES string of the molecule is COc1ccc([C@@H]2CC(=O)C3=C(C2)Nc2ncnn2[C@@H]3c2ccc(-c3ccccc3)cc2)cc1OC. The molecule has 0 spiro atoms. The Kier molecular flexibility index (Phi) is 5.52. The van der Waals surface area contributed by atoms with Crippen molar-refractivity contribution in [2.75, 3.05) is 19.5 Å². The topological polar surface area (TPSA) is 78.3 Å². The Bertz CT molecular complexity index is 1460. The lowest BCUT2D eigenvalue weighted by atomic mass is 9.77. The van der Waals surface area contributed by atoms with Gasteiger partial charge < -0.3 is 14.8 Å². The molecule has 180 valence electrons. The summed E-state index contributed by atoms with van der Waals surface area (Å²) in [7, 11) is 3.24. The van der Waals surface area contributed by atoms with Crippen LogP contribution in [0.5, 0.6) is 11.5 Å². The zero-order chi connectivity index (χ0) is 24.6. The number of benzene rings is 3. The highest BCUT2D eigenvalue weighted by atomic mass is 16.5. The number of allylic oxidation sites excluding steroid dienone is 2. The molecule has 1 aliphatic heterocycles. The summed E-state index contributed by atoms with van der Waals surface area (Å²) >= 11 is 0. The first-order chi connectivity index (χ1) is 17.7. The number of Topliss-reactive ketones (excluding diaryl/α,β-unsaturated/α-hetero) is 1. The second kappa shape index (κ2) is 9.00. The minimum absolute atomic E-state index is 0.0270. The molecular formula is C29H26N4O3. The minimum Gasteiger partial charge on any atom is -0.493 e. The lowest BCUT2D eigenvalue weighted by Gasteiger charge is -2.35. The van der Waals surface area contributed by atoms with E-state index < -0.39 is 0 Å². The molecule has 7 heteroatoms. The van der Waals surface area contributed by atoms with E-state index in [9.17, 15) is 4.79 Å². The summed E-state index contributed by atoms with van der Waals surface area (Å²) in [4.78, 5) is 18.1. The molecule has 6 rings (SSSR count). The van der Waals surface area contributed by atoms with Gasteiger partial charge in [0.2, 0.25) is 5.95 Å². The summed E-state index contributed by atoms with van der Waals surface area (Å²) in [6, 6.07) is 24.2. The van der Waals surface area contributed by atoms with Gasteiger partial charge in [0.05, 0.1) is 14.2 Å². The van der Waals surface area contributed by atoms with Crippen LogP contribution in [0.15, 0.2) is 90.4 Å². The molecule has 2 aliphatic rings. The number of fused-ring (bicyclic) bond motifs is 1. The Morgan fingerprint density at radius 3 is 2.33 bits per heavy atom. The fourth-order valence-corrected chi connectivity index (χ4v) is 5.29. The van der Waals surface area contributed by atoms with Gasteiger partial charge in [0, 0.05) is 17.7 Å². The van der Waals surface area contributed by atoms with Crippen LogP contribution in [0.4, 0.5) is 5.95 Å². The normalized spacial score (nSPS) is 18.8. The number of ether oxygens (including phenoxy) is 2. The molecule has 2 heterocycles. The zero-order valence-electron chi connectivity index (χ0n) is 20.1. The lowest BCUT2D eigenvalue weighted by Crippen LogP contribution is -2.33. The molecule has 0 fully saturated rings. The third kappa shape index (κ3) is 3.73. The van der Waals surface area contributed by atoms with Gasteiger partial charge in [-0.2, -0.15) is 10.1 Å². The summed E-state index contributed by atoms with van der Waals surface area (Å²) in [6.07, 6.45) is 2.64. The van der Waals surface area contributed by atoms with Gasteiger partial charge in [0.15, 0.2) is 17.3 Å². The van der Waals surface area contributed by atoms with Crippen LogP contribution >= 0.6 is 0 Å². The van der Waals surface area contributed by atoms with Crippen molar-refractivity contribution in [3.63, 3.8) is 0 Å². The molecule has 0 unspecified atom stereocenters. The van der Waals surface area contributed by atoms with E-state index in [1.807, 2.05) is 41.1 Å². The van der Waals surface area contributed by atoms with E-state index in [0.29, 0.717) is 30.3 Å². The number of anilines is 1. The predicted octanol–water partition coefficient (Wildman–Crippen LogP) is 5.38. The molecule has 0 saturated carbocycles. The van der Waals surface area contributed by atoms with Gasteiger partial charge in [-0.25, -0.2) is 4.68 Å². The van der Waals surface area contributed by atoms with Crippen molar-refractivity contribution in [1.82, 2.24) is 14.8 Å². The largest absolute Gasteiger partial charge is 0.493 e. The number of aromatic nitrogens is 3. The van der Waals surface area contributed by atoms with Crippen LogP contribution in [0.2, 0.25) is 0 Å². The molecule has 0 radical (unpaired) electrons. The Hall–Kier alpha value is -4.39. The fraction of sp³-hybridized carbons (Fsp3) is 0.207. The standard InChI is InChI=1S/C29H26N4O3/c1-35-25-13-12-21(16-26(25)36-2)22-14-23-27(24(34)15-22)28(33-29(32-23)30-17-31-33)20-10-8-19(9-11-20)18-6-4-3-5-7-18/h3-13,16-17,22,28H,14-15H2,1-2H3,(H,30,31,32)/t22-,28+/m0/s1. The van der Waals surface area contributed by atoms with E-state index in [4.69, 9.17) is 9.47 Å². The monoisotopic (exact) mass is 478 g/mol. The third-order valence-electron chi connectivity index (χ3n) is 7.07. The second-order valence-corrected chi connectivity index (χ2v) is 9.08. The van der Waals surface area contributed by atoms with E-state index in [2.05, 4.69) is 51.8 Å². The van der Waals surface area contributed by atoms with Gasteiger partial charge in [0.25, 0.3) is 0 Å². The first kappa shape index (κ1) is 22.1. The molecule has 2 atom stereocenters. The maximum Gasteiger partial charge on any atom is 0.226 e. The number of hydrogen-bond acceptors (Lipinski definition) is 6. The second-order valence-electron chi connectivity index (χ2n) is 9.08. The lowest BCUT2D eigenvalue weighted by molar-refractivity contribution is -0.116. The Labute approximate surface area is 209 Å². The number of rotatable bonds is 5. The van der Waals surface area contributed by atoms with Crippen molar-refractivity contribution in [2.24, 2.45) is 0 Å².